The fourth-order valence-electron chi connectivity index (χ4n) is 5.62. The number of rotatable bonds is 10. The Labute approximate surface area is 279 Å². The highest BCUT2D eigenvalue weighted by molar-refractivity contribution is 6.34. The van der Waals surface area contributed by atoms with Crippen LogP contribution in [0.4, 0.5) is 10.5 Å². The molecule has 3 amide bonds. The van der Waals surface area contributed by atoms with E-state index in [0.717, 1.165) is 42.6 Å². The largest absolute Gasteiger partial charge is 0.504 e. The molecule has 11 nitrogen and oxygen atoms in total. The summed E-state index contributed by atoms with van der Waals surface area (Å²) in [5.74, 6) is 0.929. The monoisotopic (exact) mass is 657 g/mol. The summed E-state index contributed by atoms with van der Waals surface area (Å²) >= 11 is 6.11. The molecule has 0 bridgehead atoms. The van der Waals surface area contributed by atoms with Crippen LogP contribution in [0.3, 0.4) is 0 Å². The molecule has 3 aromatic rings. The average molecular weight is 658 g/mol. The second-order valence-corrected chi connectivity index (χ2v) is 12.8. The lowest BCUT2D eigenvalue weighted by atomic mass is 9.98. The first-order valence-corrected chi connectivity index (χ1v) is 16.4. The Hall–Kier alpha value is -4.61. The minimum Gasteiger partial charge on any atom is -0.504 e. The van der Waals surface area contributed by atoms with Crippen LogP contribution in [0, 0.1) is 5.92 Å². The summed E-state index contributed by atoms with van der Waals surface area (Å²) in [5.41, 5.74) is 4.56. The topological polar surface area (TPSA) is 131 Å². The molecule has 1 aromatic heterocycles. The molecule has 1 saturated carbocycles. The lowest BCUT2D eigenvalue weighted by molar-refractivity contribution is 0.0916. The van der Waals surface area contributed by atoms with Crippen LogP contribution in [0.25, 0.3) is 11.1 Å². The van der Waals surface area contributed by atoms with Gasteiger partial charge in [0.15, 0.2) is 5.75 Å². The second kappa shape index (κ2) is 14.4. The second-order valence-electron chi connectivity index (χ2n) is 12.4. The van der Waals surface area contributed by atoms with Crippen LogP contribution in [-0.2, 0) is 0 Å². The molecule has 0 atom stereocenters. The standard InChI is InChI=1S/C35H40ClN7O4/c1-3-43-20-28(39-35(46)40-33-30(36)18-37-19-32(33)44)17-31(41-43)24-6-4-5-23(13-24)25-14-26(16-29(15-25)47-21-22-7-8-22)34(45)38-27-9-11-42(2)12-10-27/h4-6,13-19,22,27,44H,3,7-12,20-21H2,1-2H3,(H,38,45)(H2,37,39,40,46). The number of halogens is 1. The molecule has 1 saturated heterocycles. The van der Waals surface area contributed by atoms with E-state index in [0.29, 0.717) is 48.3 Å². The number of likely N-dealkylation sites (tertiary alicyclic amines) is 1. The van der Waals surface area contributed by atoms with Gasteiger partial charge < -0.3 is 30.7 Å². The van der Waals surface area contributed by atoms with Gasteiger partial charge in [0.25, 0.3) is 5.91 Å². The zero-order chi connectivity index (χ0) is 32.9. The van der Waals surface area contributed by atoms with Gasteiger partial charge in [-0.3, -0.25) is 14.8 Å². The van der Waals surface area contributed by atoms with Gasteiger partial charge in [-0.2, -0.15) is 5.10 Å². The first kappa shape index (κ1) is 32.3. The maximum atomic E-state index is 13.5. The number of anilines is 1. The molecule has 0 spiro atoms. The van der Waals surface area contributed by atoms with Gasteiger partial charge in [0, 0.05) is 35.6 Å². The highest BCUT2D eigenvalue weighted by Crippen LogP contribution is 2.33. The van der Waals surface area contributed by atoms with Crippen LogP contribution in [0.15, 0.2) is 71.7 Å². The third-order valence-corrected chi connectivity index (χ3v) is 8.85. The van der Waals surface area contributed by atoms with Crippen molar-refractivity contribution in [3.8, 4) is 22.6 Å². The minimum atomic E-state index is -0.556. The summed E-state index contributed by atoms with van der Waals surface area (Å²) in [6.07, 6.45) is 8.58. The van der Waals surface area contributed by atoms with Crippen molar-refractivity contribution in [1.82, 2.24) is 25.5 Å². The first-order valence-electron chi connectivity index (χ1n) is 16.1. The van der Waals surface area contributed by atoms with Gasteiger partial charge in [-0.1, -0.05) is 29.8 Å². The average Bonchev–Trinajstić information content (AvgIpc) is 3.91. The summed E-state index contributed by atoms with van der Waals surface area (Å²) in [4.78, 5) is 32.4. The Bertz CT molecular complexity index is 1680. The Morgan fingerprint density at radius 2 is 1.81 bits per heavy atom. The maximum absolute atomic E-state index is 13.5. The number of likely N-dealkylation sites (N-methyl/N-ethyl adjacent to an activating group) is 1. The molecule has 0 radical (unpaired) electrons. The number of pyridine rings is 1. The van der Waals surface area contributed by atoms with E-state index in [4.69, 9.17) is 21.4 Å². The van der Waals surface area contributed by atoms with Crippen LogP contribution in [-0.4, -0.2) is 83.5 Å². The molecule has 2 aliphatic heterocycles. The van der Waals surface area contributed by atoms with Crippen molar-refractivity contribution in [2.45, 2.75) is 38.6 Å². The number of hydrogen-bond donors (Lipinski definition) is 4. The number of piperidine rings is 1. The number of amides is 3. The molecular formula is C35H40ClN7O4. The molecule has 1 aliphatic carbocycles. The van der Waals surface area contributed by atoms with Crippen LogP contribution in [0.1, 0.15) is 48.5 Å². The number of hydrogen-bond acceptors (Lipinski definition) is 8. The number of carbonyl (C=O) groups is 2. The number of hydrazone groups is 1. The van der Waals surface area contributed by atoms with Gasteiger partial charge in [0.05, 0.1) is 30.1 Å². The summed E-state index contributed by atoms with van der Waals surface area (Å²) in [5, 5.41) is 25.5. The van der Waals surface area contributed by atoms with Crippen molar-refractivity contribution in [2.75, 3.05) is 45.2 Å². The van der Waals surface area contributed by atoms with E-state index in [1.165, 1.54) is 25.2 Å². The molecule has 3 heterocycles. The van der Waals surface area contributed by atoms with Crippen LogP contribution < -0.4 is 20.7 Å². The zero-order valence-corrected chi connectivity index (χ0v) is 27.4. The van der Waals surface area contributed by atoms with E-state index in [9.17, 15) is 14.7 Å². The first-order chi connectivity index (χ1) is 22.7. The fraction of sp³-hybridized carbons (Fsp3) is 0.371. The highest BCUT2D eigenvalue weighted by Gasteiger charge is 2.24. The van der Waals surface area contributed by atoms with E-state index in [1.54, 1.807) is 0 Å². The van der Waals surface area contributed by atoms with Crippen molar-refractivity contribution in [2.24, 2.45) is 11.0 Å². The number of benzene rings is 2. The number of aromatic hydroxyl groups is 1. The zero-order valence-electron chi connectivity index (χ0n) is 26.6. The number of nitrogens with zero attached hydrogens (tertiary/aromatic N) is 4. The minimum absolute atomic E-state index is 0.0762. The predicted molar refractivity (Wildman–Crippen MR) is 183 cm³/mol. The van der Waals surface area contributed by atoms with Crippen molar-refractivity contribution in [3.05, 3.63) is 82.8 Å². The van der Waals surface area contributed by atoms with Gasteiger partial charge in [-0.15, -0.1) is 0 Å². The van der Waals surface area contributed by atoms with Gasteiger partial charge in [-0.05, 0) is 100 Å². The number of allylic oxidation sites excluding steroid dienone is 1. The summed E-state index contributed by atoms with van der Waals surface area (Å²) in [7, 11) is 2.11. The molecule has 0 unspecified atom stereocenters. The number of aromatic nitrogens is 1. The van der Waals surface area contributed by atoms with Crippen molar-refractivity contribution in [3.63, 3.8) is 0 Å². The molecule has 6 rings (SSSR count). The van der Waals surface area contributed by atoms with Gasteiger partial charge >= 0.3 is 6.03 Å². The summed E-state index contributed by atoms with van der Waals surface area (Å²) in [6.45, 7) is 5.57. The predicted octanol–water partition coefficient (Wildman–Crippen LogP) is 5.47. The Kier molecular flexibility index (Phi) is 9.93. The van der Waals surface area contributed by atoms with E-state index >= 15 is 0 Å². The Balaban J connectivity index is 1.24. The van der Waals surface area contributed by atoms with Crippen LogP contribution in [0.2, 0.25) is 5.02 Å². The summed E-state index contributed by atoms with van der Waals surface area (Å²) < 4.78 is 6.17. The van der Waals surface area contributed by atoms with Crippen LogP contribution >= 0.6 is 11.6 Å². The van der Waals surface area contributed by atoms with Crippen LogP contribution in [0.5, 0.6) is 11.5 Å². The number of carbonyl (C=O) groups excluding carboxylic acids is 2. The van der Waals surface area contributed by atoms with E-state index in [1.807, 2.05) is 60.5 Å². The third kappa shape index (κ3) is 8.41. The Morgan fingerprint density at radius 1 is 1.02 bits per heavy atom. The molecule has 246 valence electrons. The SMILES string of the molecule is CCN1CC(NC(=O)Nc2c(O)cncc2Cl)=CC(c2cccc(-c3cc(OCC4CC4)cc(C(=O)NC4CCN(C)CC4)c3)c2)=N1. The fourth-order valence-corrected chi connectivity index (χ4v) is 5.82. The quantitative estimate of drug-likeness (QED) is 0.228. The normalized spacial score (nSPS) is 17.0. The highest BCUT2D eigenvalue weighted by atomic mass is 35.5. The van der Waals surface area contributed by atoms with E-state index in [-0.39, 0.29) is 28.4 Å². The van der Waals surface area contributed by atoms with E-state index in [2.05, 4.69) is 32.9 Å². The maximum Gasteiger partial charge on any atom is 0.323 e. The van der Waals surface area contributed by atoms with Gasteiger partial charge in [0.2, 0.25) is 0 Å². The molecule has 4 N–H and O–H groups in total. The molecule has 2 fully saturated rings. The molecule has 2 aromatic carbocycles. The molecular weight excluding hydrogens is 618 g/mol. The Morgan fingerprint density at radius 3 is 2.55 bits per heavy atom. The summed E-state index contributed by atoms with van der Waals surface area (Å²) in [6, 6.07) is 13.3. The van der Waals surface area contributed by atoms with Gasteiger partial charge in [0.1, 0.15) is 11.4 Å². The molecule has 47 heavy (non-hydrogen) atoms. The third-order valence-electron chi connectivity index (χ3n) is 8.57. The lowest BCUT2D eigenvalue weighted by Crippen LogP contribution is -2.43. The van der Waals surface area contributed by atoms with Crippen molar-refractivity contribution < 1.29 is 19.4 Å². The molecule has 3 aliphatic rings. The van der Waals surface area contributed by atoms with Gasteiger partial charge in [-0.25, -0.2) is 4.79 Å². The molecule has 12 heteroatoms. The van der Waals surface area contributed by atoms with Crippen molar-refractivity contribution in [1.29, 1.82) is 0 Å². The number of nitrogens with one attached hydrogen (secondary N) is 3. The van der Waals surface area contributed by atoms with E-state index < -0.39 is 6.03 Å². The number of urea groups is 1. The number of ether oxygens (including phenoxy) is 1. The smallest absolute Gasteiger partial charge is 0.323 e. The lowest BCUT2D eigenvalue weighted by Gasteiger charge is -2.29. The van der Waals surface area contributed by atoms with Crippen molar-refractivity contribution >= 4 is 34.9 Å².